The van der Waals surface area contributed by atoms with E-state index in [0.29, 0.717) is 17.9 Å². The Morgan fingerprint density at radius 2 is 1.94 bits per heavy atom. The van der Waals surface area contributed by atoms with Crippen LogP contribution in [0.1, 0.15) is 24.8 Å². The predicted molar refractivity (Wildman–Crippen MR) is 76.0 cm³/mol. The van der Waals surface area contributed by atoms with E-state index >= 15 is 0 Å². The van der Waals surface area contributed by atoms with Crippen LogP contribution in [0.25, 0.3) is 0 Å². The maximum Gasteiger partial charge on any atom is 0.157 e. The number of carbonyl (C=O) groups is 1. The van der Waals surface area contributed by atoms with E-state index in [9.17, 15) is 4.79 Å². The molecule has 5 heteroatoms. The highest BCUT2D eigenvalue weighted by molar-refractivity contribution is 6.40. The zero-order valence-electron chi connectivity index (χ0n) is 10.3. The molecule has 1 unspecified atom stereocenters. The molecular formula is C12H16B2ClNO. The minimum Gasteiger partial charge on any atom is -0.315 e. The summed E-state index contributed by atoms with van der Waals surface area (Å²) in [6, 6.07) is 7.39. The van der Waals surface area contributed by atoms with E-state index in [2.05, 4.69) is 15.7 Å². The number of benzene rings is 1. The fraction of sp³-hybridized carbons (Fsp3) is 0.417. The van der Waals surface area contributed by atoms with Crippen LogP contribution in [0.15, 0.2) is 24.3 Å². The largest absolute Gasteiger partial charge is 0.315 e. The number of hydrogen-bond donors (Lipinski definition) is 1. The minimum absolute atomic E-state index is 0.0851. The van der Waals surface area contributed by atoms with Crippen LogP contribution in [-0.4, -0.2) is 21.5 Å². The summed E-state index contributed by atoms with van der Waals surface area (Å²) in [6.07, 6.45) is 2.09. The molecule has 1 saturated carbocycles. The molecule has 1 aromatic carbocycles. The molecule has 2 rings (SSSR count). The van der Waals surface area contributed by atoms with E-state index in [1.54, 1.807) is 6.07 Å². The summed E-state index contributed by atoms with van der Waals surface area (Å²) in [4.78, 5) is 12.2. The second-order valence-corrected chi connectivity index (χ2v) is 6.12. The maximum absolute atomic E-state index is 12.2. The monoisotopic (exact) mass is 247 g/mol. The Hall–Kier alpha value is -0.730. The lowest BCUT2D eigenvalue weighted by Gasteiger charge is -2.42. The van der Waals surface area contributed by atoms with E-state index in [4.69, 9.17) is 17.3 Å². The molecule has 0 aliphatic heterocycles. The number of Topliss-reactive ketones (excluding diaryl/α,β-unsaturated/α-hetero) is 1. The molecule has 0 bridgehead atoms. The van der Waals surface area contributed by atoms with Crippen LogP contribution < -0.4 is 5.73 Å². The average molecular weight is 247 g/mol. The van der Waals surface area contributed by atoms with Crippen LogP contribution in [-0.2, 0) is 10.3 Å². The molecule has 0 spiro atoms. The van der Waals surface area contributed by atoms with E-state index in [-0.39, 0.29) is 11.0 Å². The second kappa shape index (κ2) is 4.18. The molecule has 2 N–H and O–H groups in total. The Morgan fingerprint density at radius 1 is 1.29 bits per heavy atom. The van der Waals surface area contributed by atoms with Gasteiger partial charge in [-0.15, -0.1) is 0 Å². The van der Waals surface area contributed by atoms with Crippen LogP contribution in [0.3, 0.4) is 0 Å². The van der Waals surface area contributed by atoms with Crippen LogP contribution >= 0.6 is 11.6 Å². The lowest BCUT2D eigenvalue weighted by Crippen LogP contribution is -2.51. The van der Waals surface area contributed by atoms with Gasteiger partial charge < -0.3 is 5.73 Å². The third kappa shape index (κ3) is 2.29. The van der Waals surface area contributed by atoms with Crippen molar-refractivity contribution < 1.29 is 4.79 Å². The lowest BCUT2D eigenvalue weighted by atomic mass is 9.45. The number of carbonyl (C=O) groups excluding carboxylic acids is 1. The van der Waals surface area contributed by atoms with Gasteiger partial charge in [0, 0.05) is 11.4 Å². The van der Waals surface area contributed by atoms with Crippen molar-refractivity contribution in [3.8, 4) is 0 Å². The topological polar surface area (TPSA) is 43.1 Å². The van der Waals surface area contributed by atoms with Gasteiger partial charge >= 0.3 is 0 Å². The first-order valence-corrected chi connectivity index (χ1v) is 6.30. The van der Waals surface area contributed by atoms with Crippen molar-refractivity contribution in [2.45, 2.75) is 30.0 Å². The van der Waals surface area contributed by atoms with Gasteiger partial charge in [0.25, 0.3) is 0 Å². The fourth-order valence-corrected chi connectivity index (χ4v) is 2.99. The second-order valence-electron chi connectivity index (χ2n) is 5.72. The molecule has 1 aromatic rings. The summed E-state index contributed by atoms with van der Waals surface area (Å²) in [7, 11) is 4.30. The SMILES string of the molecule is BC1(B)CCC(=O)C(N)(c2ccccc2Cl)C1. The Bertz CT molecular complexity index is 464. The van der Waals surface area contributed by atoms with Crippen molar-refractivity contribution in [1.82, 2.24) is 0 Å². The van der Waals surface area contributed by atoms with Gasteiger partial charge in [-0.1, -0.05) is 41.4 Å². The molecule has 0 saturated heterocycles. The molecule has 1 aliphatic rings. The quantitative estimate of drug-likeness (QED) is 0.740. The molecule has 0 aromatic heterocycles. The van der Waals surface area contributed by atoms with E-state index in [0.717, 1.165) is 12.0 Å². The smallest absolute Gasteiger partial charge is 0.157 e. The fourth-order valence-electron chi connectivity index (χ4n) is 2.69. The number of nitrogens with two attached hydrogens (primary N) is 1. The van der Waals surface area contributed by atoms with Gasteiger partial charge in [-0.2, -0.15) is 0 Å². The molecule has 1 fully saturated rings. The molecule has 2 nitrogen and oxygen atoms in total. The third-order valence-corrected chi connectivity index (χ3v) is 3.97. The summed E-state index contributed by atoms with van der Waals surface area (Å²) in [6.45, 7) is 0. The number of hydrogen-bond acceptors (Lipinski definition) is 2. The molecule has 1 aliphatic carbocycles. The summed E-state index contributed by atoms with van der Waals surface area (Å²) >= 11 is 6.17. The summed E-state index contributed by atoms with van der Waals surface area (Å²) in [5.41, 5.74) is 6.21. The highest BCUT2D eigenvalue weighted by Crippen LogP contribution is 2.45. The molecule has 0 amide bonds. The third-order valence-electron chi connectivity index (χ3n) is 3.64. The Morgan fingerprint density at radius 3 is 2.59 bits per heavy atom. The summed E-state index contributed by atoms with van der Waals surface area (Å²) < 4.78 is 0. The molecule has 1 atom stereocenters. The van der Waals surface area contributed by atoms with Gasteiger partial charge in [0.1, 0.15) is 5.54 Å². The van der Waals surface area contributed by atoms with Crippen molar-refractivity contribution in [3.63, 3.8) is 0 Å². The summed E-state index contributed by atoms with van der Waals surface area (Å²) in [5, 5.41) is 0.669. The minimum atomic E-state index is -0.917. The lowest BCUT2D eigenvalue weighted by molar-refractivity contribution is -0.126. The van der Waals surface area contributed by atoms with Crippen molar-refractivity contribution >= 4 is 33.1 Å². The van der Waals surface area contributed by atoms with E-state index in [1.807, 2.05) is 18.2 Å². The van der Waals surface area contributed by atoms with Crippen molar-refractivity contribution in [2.24, 2.45) is 5.73 Å². The van der Waals surface area contributed by atoms with Gasteiger partial charge in [-0.3, -0.25) is 4.79 Å². The normalized spacial score (nSPS) is 28.0. The van der Waals surface area contributed by atoms with Crippen molar-refractivity contribution in [2.75, 3.05) is 0 Å². The number of ketones is 1. The van der Waals surface area contributed by atoms with Gasteiger partial charge in [-0.25, -0.2) is 0 Å². The zero-order chi connectivity index (χ0) is 12.7. The Balaban J connectivity index is 2.47. The maximum atomic E-state index is 12.2. The van der Waals surface area contributed by atoms with Crippen LogP contribution in [0.2, 0.25) is 10.2 Å². The number of halogens is 1. The molecular weight excluding hydrogens is 231 g/mol. The van der Waals surface area contributed by atoms with Gasteiger partial charge in [0.15, 0.2) is 5.78 Å². The van der Waals surface area contributed by atoms with Crippen molar-refractivity contribution in [3.05, 3.63) is 34.9 Å². The average Bonchev–Trinajstić information content (AvgIpc) is 2.24. The Labute approximate surface area is 109 Å². The first-order chi connectivity index (χ1) is 7.85. The molecule has 0 heterocycles. The van der Waals surface area contributed by atoms with Crippen LogP contribution in [0.5, 0.6) is 0 Å². The van der Waals surface area contributed by atoms with Gasteiger partial charge in [0.2, 0.25) is 0 Å². The first-order valence-electron chi connectivity index (χ1n) is 5.92. The van der Waals surface area contributed by atoms with E-state index in [1.165, 1.54) is 0 Å². The first kappa shape index (κ1) is 12.7. The molecule has 88 valence electrons. The summed E-state index contributed by atoms with van der Waals surface area (Å²) in [5.74, 6) is 0.102. The number of rotatable bonds is 1. The Kier molecular flexibility index (Phi) is 3.13. The highest BCUT2D eigenvalue weighted by atomic mass is 35.5. The molecule has 17 heavy (non-hydrogen) atoms. The van der Waals surface area contributed by atoms with Crippen LogP contribution in [0, 0.1) is 0 Å². The standard InChI is InChI=1S/C12H16B2ClNO/c13-11(14)6-5-10(17)12(16,7-11)8-3-1-2-4-9(8)15/h1-4H,5-7,13-14,16H2. The zero-order valence-corrected chi connectivity index (χ0v) is 11.1. The predicted octanol–water partition coefficient (Wildman–Crippen LogP) is 0.629. The highest BCUT2D eigenvalue weighted by Gasteiger charge is 2.45. The van der Waals surface area contributed by atoms with Crippen LogP contribution in [0.4, 0.5) is 0 Å². The molecule has 0 radical (unpaired) electrons. The van der Waals surface area contributed by atoms with Crippen molar-refractivity contribution in [1.29, 1.82) is 0 Å². The van der Waals surface area contributed by atoms with Gasteiger partial charge in [-0.05, 0) is 18.1 Å². The van der Waals surface area contributed by atoms with E-state index < -0.39 is 5.54 Å². The van der Waals surface area contributed by atoms with Gasteiger partial charge in [0.05, 0.1) is 15.7 Å².